The number of hydrogen-bond acceptors (Lipinski definition) is 2. The molecule has 0 heterocycles. The highest BCUT2D eigenvalue weighted by Gasteiger charge is 2.02. The molecule has 1 unspecified atom stereocenters. The molecule has 0 aromatic carbocycles. The highest BCUT2D eigenvalue weighted by Crippen LogP contribution is 1.91. The number of hydrogen-bond donors (Lipinski definition) is 2. The third kappa shape index (κ3) is 6.16. The van der Waals surface area contributed by atoms with E-state index in [4.69, 9.17) is 0 Å². The standard InChI is InChI=1S/C9H20N2O/c1-4-5-9(12)11-7-8(2)6-10-3/h8,10H,4-7H2,1-3H3,(H,11,12). The Hall–Kier alpha value is -0.570. The van der Waals surface area contributed by atoms with Crippen LogP contribution in [0.2, 0.25) is 0 Å². The third-order valence-electron chi connectivity index (χ3n) is 1.68. The molecular formula is C9H20N2O. The number of rotatable bonds is 6. The number of amides is 1. The Balaban J connectivity index is 3.33. The average molecular weight is 172 g/mol. The van der Waals surface area contributed by atoms with Gasteiger partial charge in [-0.05, 0) is 25.9 Å². The summed E-state index contributed by atoms with van der Waals surface area (Å²) in [6.07, 6.45) is 1.57. The number of nitrogens with one attached hydrogen (secondary N) is 2. The third-order valence-corrected chi connectivity index (χ3v) is 1.68. The quantitative estimate of drug-likeness (QED) is 0.621. The molecule has 72 valence electrons. The molecule has 1 atom stereocenters. The molecular weight excluding hydrogens is 152 g/mol. The Morgan fingerprint density at radius 2 is 2.08 bits per heavy atom. The van der Waals surface area contributed by atoms with Crippen molar-refractivity contribution < 1.29 is 4.79 Å². The van der Waals surface area contributed by atoms with Crippen LogP contribution in [-0.2, 0) is 4.79 Å². The summed E-state index contributed by atoms with van der Waals surface area (Å²) < 4.78 is 0. The van der Waals surface area contributed by atoms with Gasteiger partial charge in [-0.25, -0.2) is 0 Å². The lowest BCUT2D eigenvalue weighted by Gasteiger charge is -2.11. The lowest BCUT2D eigenvalue weighted by molar-refractivity contribution is -0.121. The first-order valence-electron chi connectivity index (χ1n) is 4.62. The van der Waals surface area contributed by atoms with E-state index in [0.29, 0.717) is 12.3 Å². The Labute approximate surface area is 74.9 Å². The SMILES string of the molecule is CCCC(=O)NCC(C)CNC. The topological polar surface area (TPSA) is 41.1 Å². The highest BCUT2D eigenvalue weighted by molar-refractivity contribution is 5.75. The fourth-order valence-corrected chi connectivity index (χ4v) is 1.02. The summed E-state index contributed by atoms with van der Waals surface area (Å²) in [5.74, 6) is 0.677. The van der Waals surface area contributed by atoms with Crippen molar-refractivity contribution in [3.63, 3.8) is 0 Å². The fourth-order valence-electron chi connectivity index (χ4n) is 1.02. The largest absolute Gasteiger partial charge is 0.356 e. The molecule has 3 heteroatoms. The lowest BCUT2D eigenvalue weighted by Crippen LogP contribution is -2.31. The van der Waals surface area contributed by atoms with Crippen LogP contribution in [0.25, 0.3) is 0 Å². The molecule has 0 fully saturated rings. The van der Waals surface area contributed by atoms with Crippen molar-refractivity contribution in [2.45, 2.75) is 26.7 Å². The van der Waals surface area contributed by atoms with Gasteiger partial charge in [-0.3, -0.25) is 4.79 Å². The zero-order valence-corrected chi connectivity index (χ0v) is 8.31. The van der Waals surface area contributed by atoms with E-state index >= 15 is 0 Å². The van der Waals surface area contributed by atoms with E-state index in [1.54, 1.807) is 0 Å². The van der Waals surface area contributed by atoms with Crippen LogP contribution >= 0.6 is 0 Å². The molecule has 0 saturated heterocycles. The summed E-state index contributed by atoms with van der Waals surface area (Å²) in [5.41, 5.74) is 0. The van der Waals surface area contributed by atoms with Crippen molar-refractivity contribution in [2.24, 2.45) is 5.92 Å². The van der Waals surface area contributed by atoms with E-state index in [0.717, 1.165) is 19.5 Å². The van der Waals surface area contributed by atoms with Crippen LogP contribution in [0.1, 0.15) is 26.7 Å². The Bertz CT molecular complexity index is 126. The van der Waals surface area contributed by atoms with Crippen molar-refractivity contribution >= 4 is 5.91 Å². The fraction of sp³-hybridized carbons (Fsp3) is 0.889. The van der Waals surface area contributed by atoms with E-state index < -0.39 is 0 Å². The molecule has 3 nitrogen and oxygen atoms in total. The van der Waals surface area contributed by atoms with Crippen molar-refractivity contribution in [2.75, 3.05) is 20.1 Å². The van der Waals surface area contributed by atoms with Gasteiger partial charge in [0.15, 0.2) is 0 Å². The van der Waals surface area contributed by atoms with Gasteiger partial charge in [-0.2, -0.15) is 0 Å². The van der Waals surface area contributed by atoms with Crippen LogP contribution in [0.5, 0.6) is 0 Å². The van der Waals surface area contributed by atoms with Gasteiger partial charge in [-0.15, -0.1) is 0 Å². The smallest absolute Gasteiger partial charge is 0.219 e. The number of carbonyl (C=O) groups excluding carboxylic acids is 1. The second-order valence-corrected chi connectivity index (χ2v) is 3.22. The minimum Gasteiger partial charge on any atom is -0.356 e. The molecule has 1 amide bonds. The zero-order chi connectivity index (χ0) is 9.40. The normalized spacial score (nSPS) is 12.6. The van der Waals surface area contributed by atoms with Gasteiger partial charge < -0.3 is 10.6 Å². The summed E-state index contributed by atoms with van der Waals surface area (Å²) in [6.45, 7) is 5.85. The van der Waals surface area contributed by atoms with Crippen LogP contribution in [0.3, 0.4) is 0 Å². The minimum atomic E-state index is 0.167. The summed E-state index contributed by atoms with van der Waals surface area (Å²) in [6, 6.07) is 0. The predicted octanol–water partition coefficient (Wildman–Crippen LogP) is 0.758. The molecule has 12 heavy (non-hydrogen) atoms. The van der Waals surface area contributed by atoms with Gasteiger partial charge in [0.05, 0.1) is 0 Å². The van der Waals surface area contributed by atoms with Crippen LogP contribution in [0, 0.1) is 5.92 Å². The first-order valence-corrected chi connectivity index (χ1v) is 4.62. The Morgan fingerprint density at radius 1 is 1.42 bits per heavy atom. The van der Waals surface area contributed by atoms with E-state index in [2.05, 4.69) is 17.6 Å². The predicted molar refractivity (Wildman–Crippen MR) is 51.0 cm³/mol. The molecule has 0 saturated carbocycles. The molecule has 0 radical (unpaired) electrons. The Kier molecular flexibility index (Phi) is 6.76. The van der Waals surface area contributed by atoms with E-state index in [1.807, 2.05) is 14.0 Å². The molecule has 0 spiro atoms. The maximum atomic E-state index is 11.0. The first kappa shape index (κ1) is 11.4. The molecule has 0 bridgehead atoms. The monoisotopic (exact) mass is 172 g/mol. The summed E-state index contributed by atoms with van der Waals surface area (Å²) in [5, 5.41) is 5.96. The average Bonchev–Trinajstić information content (AvgIpc) is 2.02. The van der Waals surface area contributed by atoms with Gasteiger partial charge in [0.2, 0.25) is 5.91 Å². The molecule has 0 rings (SSSR count). The molecule has 0 aromatic heterocycles. The van der Waals surface area contributed by atoms with Crippen LogP contribution < -0.4 is 10.6 Å². The van der Waals surface area contributed by atoms with Crippen LogP contribution in [0.15, 0.2) is 0 Å². The maximum Gasteiger partial charge on any atom is 0.219 e. The maximum absolute atomic E-state index is 11.0. The van der Waals surface area contributed by atoms with Gasteiger partial charge in [0, 0.05) is 13.0 Å². The van der Waals surface area contributed by atoms with Crippen LogP contribution in [-0.4, -0.2) is 26.0 Å². The molecule has 0 aliphatic rings. The highest BCUT2D eigenvalue weighted by atomic mass is 16.1. The first-order chi connectivity index (χ1) is 5.70. The van der Waals surface area contributed by atoms with Gasteiger partial charge in [0.25, 0.3) is 0 Å². The van der Waals surface area contributed by atoms with Crippen molar-refractivity contribution in [1.82, 2.24) is 10.6 Å². The lowest BCUT2D eigenvalue weighted by atomic mass is 10.2. The summed E-state index contributed by atoms with van der Waals surface area (Å²) >= 11 is 0. The summed E-state index contributed by atoms with van der Waals surface area (Å²) in [4.78, 5) is 11.0. The van der Waals surface area contributed by atoms with Gasteiger partial charge >= 0.3 is 0 Å². The van der Waals surface area contributed by atoms with E-state index in [-0.39, 0.29) is 5.91 Å². The van der Waals surface area contributed by atoms with Crippen LogP contribution in [0.4, 0.5) is 0 Å². The van der Waals surface area contributed by atoms with Crippen molar-refractivity contribution in [3.8, 4) is 0 Å². The van der Waals surface area contributed by atoms with Crippen molar-refractivity contribution in [1.29, 1.82) is 0 Å². The zero-order valence-electron chi connectivity index (χ0n) is 8.31. The second kappa shape index (κ2) is 7.10. The van der Waals surface area contributed by atoms with Gasteiger partial charge in [-0.1, -0.05) is 13.8 Å². The molecule has 0 aromatic rings. The molecule has 0 aliphatic heterocycles. The minimum absolute atomic E-state index is 0.167. The van der Waals surface area contributed by atoms with E-state index in [1.165, 1.54) is 0 Å². The Morgan fingerprint density at radius 3 is 2.58 bits per heavy atom. The number of carbonyl (C=O) groups is 1. The molecule has 0 aliphatic carbocycles. The summed E-state index contributed by atoms with van der Waals surface area (Å²) in [7, 11) is 1.92. The van der Waals surface area contributed by atoms with Gasteiger partial charge in [0.1, 0.15) is 0 Å². The van der Waals surface area contributed by atoms with E-state index in [9.17, 15) is 4.79 Å². The molecule has 2 N–H and O–H groups in total. The second-order valence-electron chi connectivity index (χ2n) is 3.22. The van der Waals surface area contributed by atoms with Crippen molar-refractivity contribution in [3.05, 3.63) is 0 Å².